The van der Waals surface area contributed by atoms with E-state index in [0.717, 1.165) is 31.5 Å². The van der Waals surface area contributed by atoms with Crippen LogP contribution in [0.3, 0.4) is 0 Å². The number of carbonyl (C=O) groups excluding carboxylic acids is 1. The molecule has 1 amide bonds. The highest BCUT2D eigenvalue weighted by molar-refractivity contribution is 5.86. The lowest BCUT2D eigenvalue weighted by Gasteiger charge is -2.47. The second-order valence-corrected chi connectivity index (χ2v) is 9.88. The molecule has 1 N–H and O–H groups in total. The van der Waals surface area contributed by atoms with E-state index in [2.05, 4.69) is 41.4 Å². The Morgan fingerprint density at radius 2 is 1.58 bits per heavy atom. The molecule has 2 unspecified atom stereocenters. The largest absolute Gasteiger partial charge is 0.355 e. The second kappa shape index (κ2) is 8.38. The summed E-state index contributed by atoms with van der Waals surface area (Å²) in [6.45, 7) is 4.76. The average Bonchev–Trinajstić information content (AvgIpc) is 3.11. The molecule has 1 spiro atoms. The number of aryl methyl sites for hydroxylation is 1. The van der Waals surface area contributed by atoms with E-state index in [-0.39, 0.29) is 23.1 Å². The number of hydrogen-bond donors (Lipinski definition) is 1. The predicted molar refractivity (Wildman–Crippen MR) is 122 cm³/mol. The maximum atomic E-state index is 13.5. The number of carbonyl (C=O) groups is 1. The van der Waals surface area contributed by atoms with Gasteiger partial charge >= 0.3 is 0 Å². The number of piperidine rings is 1. The van der Waals surface area contributed by atoms with Crippen LogP contribution < -0.4 is 5.32 Å². The van der Waals surface area contributed by atoms with Gasteiger partial charge in [0.25, 0.3) is 0 Å². The lowest BCUT2D eigenvalue weighted by molar-refractivity contribution is -0.131. The fraction of sp³-hybridized carbons (Fsp3) is 0.519. The minimum absolute atomic E-state index is 0.141. The summed E-state index contributed by atoms with van der Waals surface area (Å²) in [6.07, 6.45) is 6.89. The number of nitrogens with one attached hydrogen (secondary N) is 1. The van der Waals surface area contributed by atoms with Crippen molar-refractivity contribution < 1.29 is 9.18 Å². The molecule has 2 aromatic rings. The third kappa shape index (κ3) is 3.80. The van der Waals surface area contributed by atoms with Crippen molar-refractivity contribution in [3.05, 3.63) is 71.0 Å². The van der Waals surface area contributed by atoms with Crippen molar-refractivity contribution in [2.75, 3.05) is 19.6 Å². The normalized spacial score (nSPS) is 28.6. The summed E-state index contributed by atoms with van der Waals surface area (Å²) in [5, 5.41) is 3.13. The molecule has 2 heterocycles. The lowest BCUT2D eigenvalue weighted by atomic mass is 9.67. The van der Waals surface area contributed by atoms with Crippen LogP contribution in [0.5, 0.6) is 0 Å². The second-order valence-electron chi connectivity index (χ2n) is 9.88. The van der Waals surface area contributed by atoms with Crippen LogP contribution in [0, 0.1) is 18.2 Å². The van der Waals surface area contributed by atoms with Crippen LogP contribution in [0.1, 0.15) is 67.1 Å². The van der Waals surface area contributed by atoms with Gasteiger partial charge in [0, 0.05) is 18.5 Å². The van der Waals surface area contributed by atoms with E-state index >= 15 is 0 Å². The molecule has 1 saturated carbocycles. The van der Waals surface area contributed by atoms with Crippen molar-refractivity contribution in [1.82, 2.24) is 10.2 Å². The van der Waals surface area contributed by atoms with Crippen molar-refractivity contribution in [2.24, 2.45) is 5.41 Å². The SMILES string of the molecule is Cc1ccc(C2CCCCC2N2CCC3(CC2)C(=O)NC[C@@H]3c2ccc(F)cc2)cc1. The van der Waals surface area contributed by atoms with E-state index in [9.17, 15) is 9.18 Å². The standard InChI is InChI=1S/C27H33FN2O/c1-19-6-8-20(9-7-19)23-4-2-3-5-25(23)30-16-14-27(15-17-30)24(18-29-26(27)31)21-10-12-22(28)13-11-21/h6-13,23-25H,2-5,14-18H2,1H3,(H,29,31)/t23?,24-,25?/m1/s1. The molecule has 31 heavy (non-hydrogen) atoms. The molecule has 1 aliphatic carbocycles. The van der Waals surface area contributed by atoms with Gasteiger partial charge in [-0.15, -0.1) is 0 Å². The smallest absolute Gasteiger partial charge is 0.227 e. The fourth-order valence-electron chi connectivity index (χ4n) is 6.44. The van der Waals surface area contributed by atoms with Crippen molar-refractivity contribution in [2.45, 2.75) is 63.3 Å². The molecule has 2 aliphatic heterocycles. The predicted octanol–water partition coefficient (Wildman–Crippen LogP) is 5.16. The Bertz CT molecular complexity index is 915. The maximum Gasteiger partial charge on any atom is 0.227 e. The Labute approximate surface area is 185 Å². The quantitative estimate of drug-likeness (QED) is 0.744. The van der Waals surface area contributed by atoms with Gasteiger partial charge in [0.05, 0.1) is 5.41 Å². The number of likely N-dealkylation sites (tertiary alicyclic amines) is 1. The van der Waals surface area contributed by atoms with Gasteiger partial charge in [-0.2, -0.15) is 0 Å². The highest BCUT2D eigenvalue weighted by Crippen LogP contribution is 2.49. The first kappa shape index (κ1) is 20.7. The van der Waals surface area contributed by atoms with Crippen LogP contribution in [-0.4, -0.2) is 36.5 Å². The highest BCUT2D eigenvalue weighted by atomic mass is 19.1. The van der Waals surface area contributed by atoms with Gasteiger partial charge in [-0.1, -0.05) is 54.8 Å². The molecule has 0 aromatic heterocycles. The molecular weight excluding hydrogens is 387 g/mol. The summed E-state index contributed by atoms with van der Waals surface area (Å²) in [4.78, 5) is 15.7. The first-order chi connectivity index (χ1) is 15.1. The number of amides is 1. The number of rotatable bonds is 3. The minimum atomic E-state index is -0.345. The van der Waals surface area contributed by atoms with Crippen LogP contribution in [0.4, 0.5) is 4.39 Å². The van der Waals surface area contributed by atoms with Crippen LogP contribution in [0.15, 0.2) is 48.5 Å². The summed E-state index contributed by atoms with van der Waals surface area (Å²) >= 11 is 0. The minimum Gasteiger partial charge on any atom is -0.355 e. The number of hydrogen-bond acceptors (Lipinski definition) is 2. The number of halogens is 1. The summed E-state index contributed by atoms with van der Waals surface area (Å²) in [6, 6.07) is 16.5. The molecule has 3 fully saturated rings. The molecule has 2 aromatic carbocycles. The van der Waals surface area contributed by atoms with Crippen molar-refractivity contribution in [1.29, 1.82) is 0 Å². The Morgan fingerprint density at radius 3 is 2.29 bits per heavy atom. The highest BCUT2D eigenvalue weighted by Gasteiger charge is 2.52. The fourth-order valence-corrected chi connectivity index (χ4v) is 6.44. The van der Waals surface area contributed by atoms with Gasteiger partial charge in [-0.3, -0.25) is 9.69 Å². The summed E-state index contributed by atoms with van der Waals surface area (Å²) < 4.78 is 13.5. The first-order valence-electron chi connectivity index (χ1n) is 11.9. The monoisotopic (exact) mass is 420 g/mol. The molecule has 3 aliphatic rings. The zero-order valence-corrected chi connectivity index (χ0v) is 18.4. The molecule has 164 valence electrons. The summed E-state index contributed by atoms with van der Waals surface area (Å²) in [5.74, 6) is 0.709. The third-order valence-electron chi connectivity index (χ3n) is 8.25. The van der Waals surface area contributed by atoms with E-state index in [1.54, 1.807) is 0 Å². The van der Waals surface area contributed by atoms with Crippen LogP contribution >= 0.6 is 0 Å². The van der Waals surface area contributed by atoms with Crippen LogP contribution in [0.25, 0.3) is 0 Å². The Morgan fingerprint density at radius 1 is 0.935 bits per heavy atom. The van der Waals surface area contributed by atoms with Gasteiger partial charge in [-0.25, -0.2) is 4.39 Å². The Balaban J connectivity index is 1.34. The number of nitrogens with zero attached hydrogens (tertiary/aromatic N) is 1. The van der Waals surface area contributed by atoms with Gasteiger partial charge < -0.3 is 5.32 Å². The van der Waals surface area contributed by atoms with Crippen LogP contribution in [0.2, 0.25) is 0 Å². The molecule has 3 nitrogen and oxygen atoms in total. The van der Waals surface area contributed by atoms with Crippen molar-refractivity contribution in [3.8, 4) is 0 Å². The van der Waals surface area contributed by atoms with E-state index in [1.165, 1.54) is 48.9 Å². The van der Waals surface area contributed by atoms with Crippen molar-refractivity contribution in [3.63, 3.8) is 0 Å². The van der Waals surface area contributed by atoms with E-state index in [4.69, 9.17) is 0 Å². The van der Waals surface area contributed by atoms with Gasteiger partial charge in [-0.05, 0) is 74.9 Å². The maximum absolute atomic E-state index is 13.5. The Kier molecular flexibility index (Phi) is 5.60. The third-order valence-corrected chi connectivity index (χ3v) is 8.25. The van der Waals surface area contributed by atoms with Gasteiger partial charge in [0.2, 0.25) is 5.91 Å². The zero-order chi connectivity index (χ0) is 21.4. The van der Waals surface area contributed by atoms with Gasteiger partial charge in [0.15, 0.2) is 0 Å². The van der Waals surface area contributed by atoms with E-state index < -0.39 is 0 Å². The molecule has 0 bridgehead atoms. The van der Waals surface area contributed by atoms with Gasteiger partial charge in [0.1, 0.15) is 5.82 Å². The van der Waals surface area contributed by atoms with E-state index in [0.29, 0.717) is 18.5 Å². The summed E-state index contributed by atoms with van der Waals surface area (Å²) in [7, 11) is 0. The number of benzene rings is 2. The molecule has 4 heteroatoms. The average molecular weight is 421 g/mol. The first-order valence-corrected chi connectivity index (χ1v) is 11.9. The zero-order valence-electron chi connectivity index (χ0n) is 18.4. The Hall–Kier alpha value is -2.20. The molecule has 5 rings (SSSR count). The topological polar surface area (TPSA) is 32.3 Å². The van der Waals surface area contributed by atoms with Crippen LogP contribution in [-0.2, 0) is 4.79 Å². The lowest BCUT2D eigenvalue weighted by Crippen LogP contribution is -2.51. The molecule has 0 radical (unpaired) electrons. The molecule has 3 atom stereocenters. The summed E-state index contributed by atoms with van der Waals surface area (Å²) in [5.41, 5.74) is 3.53. The van der Waals surface area contributed by atoms with E-state index in [1.807, 2.05) is 12.1 Å². The molecular formula is C27H33FN2O. The molecule has 2 saturated heterocycles. The van der Waals surface area contributed by atoms with Crippen molar-refractivity contribution >= 4 is 5.91 Å².